The fraction of sp³-hybridized carbons (Fsp3) is 0.353. The highest BCUT2D eigenvalue weighted by Gasteiger charge is 2.24. The molecule has 128 valence electrons. The van der Waals surface area contributed by atoms with Crippen LogP contribution in [0, 0.1) is 6.92 Å². The van der Waals surface area contributed by atoms with Gasteiger partial charge in [0, 0.05) is 31.5 Å². The van der Waals surface area contributed by atoms with E-state index in [1.165, 1.54) is 0 Å². The van der Waals surface area contributed by atoms with Crippen LogP contribution in [-0.4, -0.2) is 36.9 Å². The number of nitrogens with zero attached hydrogens (tertiary/aromatic N) is 5. The van der Waals surface area contributed by atoms with E-state index in [-0.39, 0.29) is 17.8 Å². The van der Waals surface area contributed by atoms with Crippen LogP contribution < -0.4 is 5.32 Å². The average molecular weight is 338 g/mol. The number of hydrogen-bond donors (Lipinski definition) is 1. The topological polar surface area (TPSA) is 98.7 Å². The average Bonchev–Trinajstić information content (AvgIpc) is 3.19. The second-order valence-electron chi connectivity index (χ2n) is 6.08. The molecule has 1 unspecified atom stereocenters. The van der Waals surface area contributed by atoms with E-state index in [2.05, 4.69) is 30.3 Å². The first-order valence-electron chi connectivity index (χ1n) is 8.29. The number of carbonyl (C=O) groups excluding carboxylic acids is 1. The number of aromatic nitrogens is 5. The van der Waals surface area contributed by atoms with Crippen molar-refractivity contribution in [1.82, 2.24) is 30.3 Å². The van der Waals surface area contributed by atoms with Crippen LogP contribution in [0.2, 0.25) is 0 Å². The van der Waals surface area contributed by atoms with E-state index in [4.69, 9.17) is 4.42 Å². The molecule has 2 aromatic heterocycles. The fourth-order valence-corrected chi connectivity index (χ4v) is 3.07. The minimum atomic E-state index is -0.327. The van der Waals surface area contributed by atoms with Crippen LogP contribution in [0.3, 0.4) is 0 Å². The molecule has 1 atom stereocenters. The van der Waals surface area contributed by atoms with Gasteiger partial charge in [-0.05, 0) is 12.8 Å². The molecule has 3 aromatic rings. The van der Waals surface area contributed by atoms with Gasteiger partial charge in [-0.2, -0.15) is 0 Å². The Kier molecular flexibility index (Phi) is 4.01. The quantitative estimate of drug-likeness (QED) is 0.781. The van der Waals surface area contributed by atoms with Crippen LogP contribution in [0.15, 0.2) is 34.7 Å². The summed E-state index contributed by atoms with van der Waals surface area (Å²) in [5.74, 6) is 1.88. The number of amides is 1. The number of carbonyl (C=O) groups is 1. The van der Waals surface area contributed by atoms with Gasteiger partial charge in [0.25, 0.3) is 0 Å². The molecular weight excluding hydrogens is 320 g/mol. The largest absolute Gasteiger partial charge is 0.417 e. The predicted octanol–water partition coefficient (Wildman–Crippen LogP) is 1.77. The summed E-state index contributed by atoms with van der Waals surface area (Å²) in [6.07, 6.45) is 2.35. The summed E-state index contributed by atoms with van der Waals surface area (Å²) in [5.41, 5.74) is 1.05. The van der Waals surface area contributed by atoms with E-state index in [9.17, 15) is 4.79 Å². The van der Waals surface area contributed by atoms with E-state index in [1.807, 2.05) is 30.3 Å². The van der Waals surface area contributed by atoms with Crippen molar-refractivity contribution in [3.8, 4) is 11.4 Å². The van der Waals surface area contributed by atoms with Gasteiger partial charge in [0.1, 0.15) is 5.82 Å². The number of fused-ring (bicyclic) bond motifs is 1. The van der Waals surface area contributed by atoms with Gasteiger partial charge < -0.3 is 14.3 Å². The molecule has 0 saturated heterocycles. The lowest BCUT2D eigenvalue weighted by Crippen LogP contribution is -2.35. The van der Waals surface area contributed by atoms with Crippen molar-refractivity contribution in [2.75, 3.05) is 0 Å². The van der Waals surface area contributed by atoms with Gasteiger partial charge in [-0.3, -0.25) is 4.79 Å². The Morgan fingerprint density at radius 1 is 1.16 bits per heavy atom. The normalized spacial score (nSPS) is 16.9. The van der Waals surface area contributed by atoms with Gasteiger partial charge in [-0.1, -0.05) is 30.3 Å². The first kappa shape index (κ1) is 15.5. The molecule has 4 rings (SSSR count). The van der Waals surface area contributed by atoms with Crippen LogP contribution in [0.25, 0.3) is 11.4 Å². The van der Waals surface area contributed by atoms with Crippen molar-refractivity contribution < 1.29 is 9.21 Å². The molecule has 1 aliphatic heterocycles. The summed E-state index contributed by atoms with van der Waals surface area (Å²) in [4.78, 5) is 12.2. The number of nitrogens with one attached hydrogen (secondary N) is 1. The maximum absolute atomic E-state index is 12.2. The van der Waals surface area contributed by atoms with Crippen LogP contribution in [0.1, 0.15) is 35.2 Å². The maximum Gasteiger partial charge on any atom is 0.309 e. The first-order valence-corrected chi connectivity index (χ1v) is 8.29. The zero-order valence-electron chi connectivity index (χ0n) is 13.8. The lowest BCUT2D eigenvalue weighted by molar-refractivity contribution is 0.0896. The highest BCUT2D eigenvalue weighted by Crippen LogP contribution is 2.22. The van der Waals surface area contributed by atoms with E-state index in [0.29, 0.717) is 5.89 Å². The number of aryl methyl sites for hydroxylation is 2. The molecule has 0 radical (unpaired) electrons. The zero-order chi connectivity index (χ0) is 17.2. The third-order valence-electron chi connectivity index (χ3n) is 4.33. The van der Waals surface area contributed by atoms with Crippen molar-refractivity contribution in [2.24, 2.45) is 0 Å². The van der Waals surface area contributed by atoms with E-state index < -0.39 is 0 Å². The van der Waals surface area contributed by atoms with Gasteiger partial charge in [0.15, 0.2) is 5.82 Å². The lowest BCUT2D eigenvalue weighted by atomic mass is 10.1. The molecule has 0 aliphatic carbocycles. The summed E-state index contributed by atoms with van der Waals surface area (Å²) in [5, 5.41) is 19.1. The maximum atomic E-state index is 12.2. The molecule has 1 N–H and O–H groups in total. The Bertz CT molecular complexity index is 886. The van der Waals surface area contributed by atoms with Crippen molar-refractivity contribution in [1.29, 1.82) is 0 Å². The van der Waals surface area contributed by atoms with E-state index >= 15 is 0 Å². The van der Waals surface area contributed by atoms with Crippen molar-refractivity contribution in [2.45, 2.75) is 38.8 Å². The second-order valence-corrected chi connectivity index (χ2v) is 6.08. The summed E-state index contributed by atoms with van der Waals surface area (Å²) >= 11 is 0. The summed E-state index contributed by atoms with van der Waals surface area (Å²) < 4.78 is 7.32. The third kappa shape index (κ3) is 3.15. The molecule has 1 aliphatic rings. The van der Waals surface area contributed by atoms with E-state index in [0.717, 1.165) is 43.0 Å². The van der Waals surface area contributed by atoms with Crippen LogP contribution >= 0.6 is 0 Å². The van der Waals surface area contributed by atoms with Gasteiger partial charge in [0.05, 0.1) is 0 Å². The number of rotatable bonds is 3. The van der Waals surface area contributed by atoms with Gasteiger partial charge in [0.2, 0.25) is 5.89 Å². The molecule has 0 bridgehead atoms. The number of hydrogen-bond acceptors (Lipinski definition) is 6. The van der Waals surface area contributed by atoms with Gasteiger partial charge >= 0.3 is 11.8 Å². The number of benzene rings is 1. The molecule has 8 heteroatoms. The van der Waals surface area contributed by atoms with Crippen LogP contribution in [0.4, 0.5) is 0 Å². The Balaban J connectivity index is 1.47. The molecule has 8 nitrogen and oxygen atoms in total. The third-order valence-corrected chi connectivity index (χ3v) is 4.33. The smallest absolute Gasteiger partial charge is 0.309 e. The summed E-state index contributed by atoms with van der Waals surface area (Å²) in [7, 11) is 0. The second kappa shape index (κ2) is 6.46. The van der Waals surface area contributed by atoms with Crippen molar-refractivity contribution in [3.05, 3.63) is 47.9 Å². The van der Waals surface area contributed by atoms with Crippen molar-refractivity contribution in [3.63, 3.8) is 0 Å². The van der Waals surface area contributed by atoms with E-state index in [1.54, 1.807) is 6.92 Å². The molecule has 1 aromatic carbocycles. The zero-order valence-corrected chi connectivity index (χ0v) is 13.8. The summed E-state index contributed by atoms with van der Waals surface area (Å²) in [6.45, 7) is 2.41. The van der Waals surface area contributed by atoms with Gasteiger partial charge in [-0.15, -0.1) is 20.4 Å². The Morgan fingerprint density at radius 3 is 2.76 bits per heavy atom. The Hall–Kier alpha value is -3.03. The summed E-state index contributed by atoms with van der Waals surface area (Å²) in [6, 6.07) is 10.0. The molecule has 1 amide bonds. The lowest BCUT2D eigenvalue weighted by Gasteiger charge is -2.14. The van der Waals surface area contributed by atoms with Crippen LogP contribution in [0.5, 0.6) is 0 Å². The van der Waals surface area contributed by atoms with Crippen molar-refractivity contribution >= 4 is 5.91 Å². The fourth-order valence-electron chi connectivity index (χ4n) is 3.07. The van der Waals surface area contributed by atoms with Gasteiger partial charge in [-0.25, -0.2) is 0 Å². The minimum absolute atomic E-state index is 0.00567. The van der Waals surface area contributed by atoms with Crippen LogP contribution in [-0.2, 0) is 13.0 Å². The molecule has 0 spiro atoms. The standard InChI is InChI=1S/C17H18N6O2/c1-11-19-22-17(25-11)16(24)18-13-7-8-14-20-21-15(23(14)10-9-13)12-5-3-2-4-6-12/h2-6,13H,7-10H2,1H3,(H,18,24). The first-order chi connectivity index (χ1) is 12.2. The monoisotopic (exact) mass is 338 g/mol. The Labute approximate surface area is 144 Å². The molecule has 0 fully saturated rings. The SMILES string of the molecule is Cc1nnc(C(=O)NC2CCc3nnc(-c4ccccc4)n3CC2)o1. The molecular formula is C17H18N6O2. The molecule has 3 heterocycles. The highest BCUT2D eigenvalue weighted by molar-refractivity contribution is 5.89. The highest BCUT2D eigenvalue weighted by atomic mass is 16.4. The molecule has 0 saturated carbocycles. The minimum Gasteiger partial charge on any atom is -0.417 e. The Morgan fingerprint density at radius 2 is 2.00 bits per heavy atom. The predicted molar refractivity (Wildman–Crippen MR) is 88.7 cm³/mol. The molecule has 25 heavy (non-hydrogen) atoms.